The van der Waals surface area contributed by atoms with E-state index < -0.39 is 15.9 Å². The molecule has 2 N–H and O–H groups in total. The van der Waals surface area contributed by atoms with Gasteiger partial charge in [-0.3, -0.25) is 9.59 Å². The maximum atomic E-state index is 13.3. The van der Waals surface area contributed by atoms with Crippen molar-refractivity contribution in [2.24, 2.45) is 5.92 Å². The average Bonchev–Trinajstić information content (AvgIpc) is 2.77. The molecule has 0 spiro atoms. The molecule has 170 valence electrons. The minimum atomic E-state index is -3.97. The number of hydrogen-bond donors (Lipinski definition) is 2. The molecule has 2 aliphatic heterocycles. The minimum absolute atomic E-state index is 0.0279. The molecule has 2 aliphatic rings. The van der Waals surface area contributed by atoms with E-state index in [-0.39, 0.29) is 53.7 Å². The Balaban J connectivity index is 1.48. The molecular formula is C21H21Cl2N3O5S. The Morgan fingerprint density at radius 3 is 2.78 bits per heavy atom. The number of anilines is 1. The maximum Gasteiger partial charge on any atom is 0.262 e. The summed E-state index contributed by atoms with van der Waals surface area (Å²) in [6.45, 7) is 0.385. The zero-order valence-corrected chi connectivity index (χ0v) is 19.3. The summed E-state index contributed by atoms with van der Waals surface area (Å²) in [6.07, 6.45) is 1.12. The van der Waals surface area contributed by atoms with Crippen LogP contribution in [-0.4, -0.2) is 44.2 Å². The van der Waals surface area contributed by atoms with E-state index in [0.717, 1.165) is 5.56 Å². The lowest BCUT2D eigenvalue weighted by Gasteiger charge is -2.31. The summed E-state index contributed by atoms with van der Waals surface area (Å²) in [5, 5.41) is 5.97. The number of hydrogen-bond acceptors (Lipinski definition) is 5. The van der Waals surface area contributed by atoms with Crippen LogP contribution in [0.2, 0.25) is 10.0 Å². The van der Waals surface area contributed by atoms with Gasteiger partial charge >= 0.3 is 0 Å². The van der Waals surface area contributed by atoms with Crippen LogP contribution >= 0.6 is 23.2 Å². The maximum absolute atomic E-state index is 13.3. The number of amides is 2. The quantitative estimate of drug-likeness (QED) is 0.660. The third-order valence-corrected chi connectivity index (χ3v) is 8.15. The van der Waals surface area contributed by atoms with E-state index >= 15 is 0 Å². The number of benzene rings is 2. The second-order valence-electron chi connectivity index (χ2n) is 7.63. The van der Waals surface area contributed by atoms with Crippen molar-refractivity contribution < 1.29 is 22.7 Å². The van der Waals surface area contributed by atoms with Gasteiger partial charge in [-0.1, -0.05) is 41.4 Å². The molecule has 0 aliphatic carbocycles. The Hall–Kier alpha value is -2.33. The highest BCUT2D eigenvalue weighted by atomic mass is 35.5. The van der Waals surface area contributed by atoms with E-state index in [2.05, 4.69) is 10.6 Å². The molecule has 0 aromatic heterocycles. The van der Waals surface area contributed by atoms with Crippen molar-refractivity contribution in [3.8, 4) is 5.75 Å². The molecule has 0 saturated carbocycles. The third kappa shape index (κ3) is 4.71. The molecule has 32 heavy (non-hydrogen) atoms. The van der Waals surface area contributed by atoms with Gasteiger partial charge in [0.1, 0.15) is 10.6 Å². The molecule has 0 unspecified atom stereocenters. The first-order valence-electron chi connectivity index (χ1n) is 10.0. The van der Waals surface area contributed by atoms with E-state index in [4.69, 9.17) is 27.9 Å². The molecule has 2 aromatic carbocycles. The van der Waals surface area contributed by atoms with Gasteiger partial charge in [0.15, 0.2) is 6.61 Å². The third-order valence-electron chi connectivity index (χ3n) is 5.45. The van der Waals surface area contributed by atoms with Crippen LogP contribution in [0.5, 0.6) is 5.75 Å². The number of rotatable bonds is 5. The van der Waals surface area contributed by atoms with E-state index in [1.165, 1.54) is 16.4 Å². The molecule has 2 amide bonds. The Kier molecular flexibility index (Phi) is 6.62. The first kappa shape index (κ1) is 22.8. The Morgan fingerprint density at radius 1 is 1.22 bits per heavy atom. The number of sulfonamides is 1. The van der Waals surface area contributed by atoms with Crippen LogP contribution in [0.15, 0.2) is 41.3 Å². The largest absolute Gasteiger partial charge is 0.482 e. The highest BCUT2D eigenvalue weighted by Gasteiger charge is 2.35. The molecule has 0 bridgehead atoms. The fourth-order valence-corrected chi connectivity index (χ4v) is 6.01. The lowest BCUT2D eigenvalue weighted by atomic mass is 9.99. The average molecular weight is 498 g/mol. The second-order valence-corrected chi connectivity index (χ2v) is 10.3. The van der Waals surface area contributed by atoms with Gasteiger partial charge in [-0.05, 0) is 30.5 Å². The normalized spacial score (nSPS) is 18.9. The summed E-state index contributed by atoms with van der Waals surface area (Å²) in [6, 6.07) is 9.88. The van der Waals surface area contributed by atoms with E-state index in [0.29, 0.717) is 23.6 Å². The van der Waals surface area contributed by atoms with Gasteiger partial charge in [0.05, 0.1) is 16.6 Å². The number of fused-ring (bicyclic) bond motifs is 1. The summed E-state index contributed by atoms with van der Waals surface area (Å²) in [5.41, 5.74) is 1.11. The molecular weight excluding hydrogens is 477 g/mol. The van der Waals surface area contributed by atoms with E-state index in [9.17, 15) is 18.0 Å². The van der Waals surface area contributed by atoms with Crippen molar-refractivity contribution in [2.45, 2.75) is 24.3 Å². The van der Waals surface area contributed by atoms with Gasteiger partial charge in [-0.2, -0.15) is 4.31 Å². The number of nitrogens with zero attached hydrogens (tertiary/aromatic N) is 1. The molecule has 2 aromatic rings. The summed E-state index contributed by atoms with van der Waals surface area (Å²) in [7, 11) is -3.97. The Labute approximate surface area is 195 Å². The van der Waals surface area contributed by atoms with Gasteiger partial charge in [0, 0.05) is 30.7 Å². The van der Waals surface area contributed by atoms with Gasteiger partial charge in [-0.25, -0.2) is 8.42 Å². The van der Waals surface area contributed by atoms with Crippen LogP contribution in [0, 0.1) is 5.92 Å². The fourth-order valence-electron chi connectivity index (χ4n) is 3.76. The lowest BCUT2D eigenvalue weighted by molar-refractivity contribution is -0.126. The first-order chi connectivity index (χ1) is 15.3. The minimum Gasteiger partial charge on any atom is -0.482 e. The molecule has 8 nitrogen and oxygen atoms in total. The van der Waals surface area contributed by atoms with Crippen molar-refractivity contribution in [3.63, 3.8) is 0 Å². The van der Waals surface area contributed by atoms with Crippen LogP contribution in [0.3, 0.4) is 0 Å². The molecule has 1 saturated heterocycles. The van der Waals surface area contributed by atoms with Gasteiger partial charge in [0.2, 0.25) is 15.9 Å². The van der Waals surface area contributed by atoms with E-state index in [1.807, 2.05) is 18.2 Å². The van der Waals surface area contributed by atoms with Crippen LogP contribution in [0.4, 0.5) is 5.69 Å². The van der Waals surface area contributed by atoms with Crippen molar-refractivity contribution in [1.82, 2.24) is 9.62 Å². The van der Waals surface area contributed by atoms with Crippen molar-refractivity contribution in [1.29, 1.82) is 0 Å². The van der Waals surface area contributed by atoms with E-state index in [1.54, 1.807) is 6.07 Å². The number of piperidine rings is 1. The highest BCUT2D eigenvalue weighted by Crippen LogP contribution is 2.37. The molecule has 11 heteroatoms. The SMILES string of the molecule is O=C1COc2cc(S(=O)(=O)N3CCC[C@H](C(=O)NCc4ccccc4Cl)C3)c(Cl)cc2N1. The number of ether oxygens (including phenoxy) is 1. The number of nitrogens with one attached hydrogen (secondary N) is 2. The van der Waals surface area contributed by atoms with Crippen LogP contribution < -0.4 is 15.4 Å². The molecule has 1 fully saturated rings. The van der Waals surface area contributed by atoms with Crippen molar-refractivity contribution in [2.75, 3.05) is 25.0 Å². The fraction of sp³-hybridized carbons (Fsp3) is 0.333. The van der Waals surface area contributed by atoms with Crippen molar-refractivity contribution >= 4 is 50.7 Å². The summed E-state index contributed by atoms with van der Waals surface area (Å²) in [4.78, 5) is 24.1. The lowest BCUT2D eigenvalue weighted by Crippen LogP contribution is -2.45. The summed E-state index contributed by atoms with van der Waals surface area (Å²) < 4.78 is 33.2. The van der Waals surface area contributed by atoms with Gasteiger partial charge in [-0.15, -0.1) is 0 Å². The Bertz CT molecular complexity index is 1170. The van der Waals surface area contributed by atoms with Gasteiger partial charge < -0.3 is 15.4 Å². The second kappa shape index (κ2) is 9.27. The standard InChI is InChI=1S/C21H21Cl2N3O5S/c22-15-6-2-1-4-13(15)10-24-21(28)14-5-3-7-26(11-14)32(29,30)19-9-18-17(8-16(19)23)25-20(27)12-31-18/h1-2,4,6,8-9,14H,3,5,7,10-12H2,(H,24,28)(H,25,27)/t14-/m0/s1. The van der Waals surface area contributed by atoms with Crippen LogP contribution in [0.1, 0.15) is 18.4 Å². The number of halogens is 2. The molecule has 2 heterocycles. The molecule has 4 rings (SSSR count). The van der Waals surface area contributed by atoms with Gasteiger partial charge in [0.25, 0.3) is 5.91 Å². The monoisotopic (exact) mass is 497 g/mol. The predicted octanol–water partition coefficient (Wildman–Crippen LogP) is 3.04. The molecule has 0 radical (unpaired) electrons. The van der Waals surface area contributed by atoms with Crippen molar-refractivity contribution in [3.05, 3.63) is 52.0 Å². The number of carbonyl (C=O) groups is 2. The summed E-state index contributed by atoms with van der Waals surface area (Å²) in [5.74, 6) is -0.829. The zero-order valence-electron chi connectivity index (χ0n) is 16.9. The highest BCUT2D eigenvalue weighted by molar-refractivity contribution is 7.89. The zero-order chi connectivity index (χ0) is 22.9. The van der Waals surface area contributed by atoms with Crippen LogP contribution in [-0.2, 0) is 26.2 Å². The number of carbonyl (C=O) groups excluding carboxylic acids is 2. The first-order valence-corrected chi connectivity index (χ1v) is 12.2. The summed E-state index contributed by atoms with van der Waals surface area (Å²) >= 11 is 12.4. The Morgan fingerprint density at radius 2 is 2.00 bits per heavy atom. The smallest absolute Gasteiger partial charge is 0.262 e. The van der Waals surface area contributed by atoms with Crippen LogP contribution in [0.25, 0.3) is 0 Å². The topological polar surface area (TPSA) is 105 Å². The molecule has 1 atom stereocenters. The predicted molar refractivity (Wildman–Crippen MR) is 120 cm³/mol.